The van der Waals surface area contributed by atoms with Crippen molar-refractivity contribution in [2.45, 2.75) is 39.8 Å². The summed E-state index contributed by atoms with van der Waals surface area (Å²) in [4.78, 5) is 4.11. The van der Waals surface area contributed by atoms with Crippen molar-refractivity contribution in [1.82, 2.24) is 20.2 Å². The Morgan fingerprint density at radius 3 is 2.48 bits per heavy atom. The standard InChI is InChI=1S/C23H30N6/c1-4-21(23-24-25-26-29(23)17-20-10-6-5-7-11-20)27-13-15-28(16-14-27)22-12-8-9-18(2)19(22)3/h5-12,21H,4,13-17H2,1-3H3/p+1/t21-/m1/s1. The topological polar surface area (TPSA) is 51.3 Å². The Morgan fingerprint density at radius 1 is 1.00 bits per heavy atom. The minimum atomic E-state index is 0.328. The zero-order valence-corrected chi connectivity index (χ0v) is 17.7. The first-order valence-electron chi connectivity index (χ1n) is 10.6. The van der Waals surface area contributed by atoms with Crippen molar-refractivity contribution in [3.8, 4) is 0 Å². The van der Waals surface area contributed by atoms with Crippen molar-refractivity contribution >= 4 is 5.69 Å². The van der Waals surface area contributed by atoms with Crippen molar-refractivity contribution in [3.05, 3.63) is 71.0 Å². The highest BCUT2D eigenvalue weighted by Gasteiger charge is 2.31. The molecule has 6 heteroatoms. The molecule has 1 atom stereocenters. The van der Waals surface area contributed by atoms with E-state index in [0.29, 0.717) is 6.04 Å². The molecule has 0 aliphatic carbocycles. The third-order valence-electron chi connectivity index (χ3n) is 6.27. The van der Waals surface area contributed by atoms with Gasteiger partial charge in [0.15, 0.2) is 0 Å². The summed E-state index contributed by atoms with van der Waals surface area (Å²) in [6.07, 6.45) is 1.04. The zero-order chi connectivity index (χ0) is 20.2. The second-order valence-corrected chi connectivity index (χ2v) is 8.01. The average Bonchev–Trinajstić information content (AvgIpc) is 3.20. The van der Waals surface area contributed by atoms with Gasteiger partial charge in [-0.1, -0.05) is 49.4 Å². The molecular formula is C23H31N6+. The normalized spacial score (nSPS) is 16.2. The number of anilines is 1. The van der Waals surface area contributed by atoms with Crippen LogP contribution in [-0.2, 0) is 6.54 Å². The summed E-state index contributed by atoms with van der Waals surface area (Å²) in [5, 5.41) is 12.7. The van der Waals surface area contributed by atoms with Gasteiger partial charge in [0.05, 0.1) is 32.7 Å². The molecule has 0 unspecified atom stereocenters. The SMILES string of the molecule is CC[C@H](c1nnnn1Cc1ccccc1)[NH+]1CCN(c2cccc(C)c2C)CC1. The quantitative estimate of drug-likeness (QED) is 0.700. The molecule has 3 aromatic rings. The molecule has 2 heterocycles. The lowest BCUT2D eigenvalue weighted by Gasteiger charge is -2.37. The number of aromatic nitrogens is 4. The van der Waals surface area contributed by atoms with Crippen molar-refractivity contribution in [1.29, 1.82) is 0 Å². The predicted octanol–water partition coefficient (Wildman–Crippen LogP) is 2.19. The average molecular weight is 392 g/mol. The molecule has 29 heavy (non-hydrogen) atoms. The van der Waals surface area contributed by atoms with Gasteiger partial charge in [0.25, 0.3) is 0 Å². The summed E-state index contributed by atoms with van der Waals surface area (Å²) >= 11 is 0. The second-order valence-electron chi connectivity index (χ2n) is 8.01. The molecule has 0 saturated carbocycles. The van der Waals surface area contributed by atoms with E-state index < -0.39 is 0 Å². The van der Waals surface area contributed by atoms with E-state index in [-0.39, 0.29) is 0 Å². The van der Waals surface area contributed by atoms with Crippen LogP contribution in [-0.4, -0.2) is 46.4 Å². The summed E-state index contributed by atoms with van der Waals surface area (Å²) < 4.78 is 1.98. The molecule has 1 aliphatic heterocycles. The Hall–Kier alpha value is -2.73. The number of piperazine rings is 1. The molecule has 2 aromatic carbocycles. The second kappa shape index (κ2) is 8.74. The highest BCUT2D eigenvalue weighted by molar-refractivity contribution is 5.56. The van der Waals surface area contributed by atoms with E-state index in [0.717, 1.165) is 45.0 Å². The van der Waals surface area contributed by atoms with E-state index >= 15 is 0 Å². The molecule has 6 nitrogen and oxygen atoms in total. The molecule has 0 radical (unpaired) electrons. The number of benzene rings is 2. The maximum atomic E-state index is 4.43. The molecule has 1 N–H and O–H groups in total. The minimum Gasteiger partial charge on any atom is -0.360 e. The fourth-order valence-corrected chi connectivity index (χ4v) is 4.45. The summed E-state index contributed by atoms with van der Waals surface area (Å²) in [6, 6.07) is 17.4. The van der Waals surface area contributed by atoms with Crippen LogP contribution in [0.15, 0.2) is 48.5 Å². The number of tetrazole rings is 1. The summed E-state index contributed by atoms with van der Waals surface area (Å²) in [7, 11) is 0. The fourth-order valence-electron chi connectivity index (χ4n) is 4.45. The summed E-state index contributed by atoms with van der Waals surface area (Å²) in [5.74, 6) is 1.01. The maximum absolute atomic E-state index is 4.43. The smallest absolute Gasteiger partial charge is 0.209 e. The first-order valence-corrected chi connectivity index (χ1v) is 10.6. The lowest BCUT2D eigenvalue weighted by atomic mass is 10.1. The number of aryl methyl sites for hydroxylation is 1. The van der Waals surface area contributed by atoms with E-state index in [4.69, 9.17) is 0 Å². The van der Waals surface area contributed by atoms with E-state index in [2.05, 4.69) is 83.7 Å². The molecule has 1 fully saturated rings. The van der Waals surface area contributed by atoms with E-state index in [1.807, 2.05) is 10.7 Å². The van der Waals surface area contributed by atoms with Crippen LogP contribution in [0.4, 0.5) is 5.69 Å². The molecular weight excluding hydrogens is 360 g/mol. The van der Waals surface area contributed by atoms with E-state index in [9.17, 15) is 0 Å². The van der Waals surface area contributed by atoms with Crippen LogP contribution in [0.3, 0.4) is 0 Å². The number of rotatable bonds is 6. The molecule has 4 rings (SSSR count). The number of nitrogens with one attached hydrogen (secondary N) is 1. The first kappa shape index (κ1) is 19.6. The maximum Gasteiger partial charge on any atom is 0.209 e. The van der Waals surface area contributed by atoms with Crippen LogP contribution in [0.25, 0.3) is 0 Å². The van der Waals surface area contributed by atoms with Gasteiger partial charge >= 0.3 is 0 Å². The molecule has 152 valence electrons. The van der Waals surface area contributed by atoms with Crippen molar-refractivity contribution in [2.75, 3.05) is 31.1 Å². The molecule has 0 amide bonds. The van der Waals surface area contributed by atoms with Gasteiger partial charge in [-0.15, -0.1) is 5.10 Å². The summed E-state index contributed by atoms with van der Waals surface area (Å²) in [6.45, 7) is 11.7. The van der Waals surface area contributed by atoms with Crippen LogP contribution in [0.2, 0.25) is 0 Å². The van der Waals surface area contributed by atoms with Gasteiger partial charge in [0, 0.05) is 12.1 Å². The van der Waals surface area contributed by atoms with Gasteiger partial charge in [-0.25, -0.2) is 4.68 Å². The Balaban J connectivity index is 1.46. The lowest BCUT2D eigenvalue weighted by Crippen LogP contribution is -3.15. The van der Waals surface area contributed by atoms with Gasteiger partial charge in [0.1, 0.15) is 6.04 Å². The summed E-state index contributed by atoms with van der Waals surface area (Å²) in [5.41, 5.74) is 5.37. The first-order chi connectivity index (χ1) is 14.2. The Labute approximate surface area is 173 Å². The molecule has 0 bridgehead atoms. The fraction of sp³-hybridized carbons (Fsp3) is 0.435. The van der Waals surface area contributed by atoms with Crippen molar-refractivity contribution < 1.29 is 4.90 Å². The Morgan fingerprint density at radius 2 is 1.76 bits per heavy atom. The third kappa shape index (κ3) is 4.17. The van der Waals surface area contributed by atoms with E-state index in [1.165, 1.54) is 22.4 Å². The van der Waals surface area contributed by atoms with Crippen LogP contribution in [0, 0.1) is 13.8 Å². The van der Waals surface area contributed by atoms with Crippen LogP contribution >= 0.6 is 0 Å². The van der Waals surface area contributed by atoms with Crippen LogP contribution < -0.4 is 9.80 Å². The number of nitrogens with zero attached hydrogens (tertiary/aromatic N) is 5. The highest BCUT2D eigenvalue weighted by atomic mass is 15.6. The van der Waals surface area contributed by atoms with Gasteiger partial charge in [0.2, 0.25) is 5.82 Å². The predicted molar refractivity (Wildman–Crippen MR) is 115 cm³/mol. The van der Waals surface area contributed by atoms with Gasteiger partial charge in [-0.05, 0) is 47.0 Å². The molecule has 0 spiro atoms. The van der Waals surface area contributed by atoms with Crippen LogP contribution in [0.5, 0.6) is 0 Å². The Bertz CT molecular complexity index is 928. The minimum absolute atomic E-state index is 0.328. The van der Waals surface area contributed by atoms with Gasteiger partial charge in [-0.2, -0.15) is 0 Å². The molecule has 1 aliphatic rings. The monoisotopic (exact) mass is 391 g/mol. The van der Waals surface area contributed by atoms with Gasteiger partial charge < -0.3 is 9.80 Å². The molecule has 1 aromatic heterocycles. The van der Waals surface area contributed by atoms with Crippen LogP contribution in [0.1, 0.15) is 41.9 Å². The molecule has 1 saturated heterocycles. The lowest BCUT2D eigenvalue weighted by molar-refractivity contribution is -0.933. The number of hydrogen-bond donors (Lipinski definition) is 1. The number of quaternary nitrogens is 1. The number of hydrogen-bond acceptors (Lipinski definition) is 4. The largest absolute Gasteiger partial charge is 0.360 e. The van der Waals surface area contributed by atoms with Crippen molar-refractivity contribution in [2.24, 2.45) is 0 Å². The van der Waals surface area contributed by atoms with Crippen molar-refractivity contribution in [3.63, 3.8) is 0 Å². The Kier molecular flexibility index (Phi) is 5.90. The highest BCUT2D eigenvalue weighted by Crippen LogP contribution is 2.23. The third-order valence-corrected chi connectivity index (χ3v) is 6.27. The zero-order valence-electron chi connectivity index (χ0n) is 17.7. The van der Waals surface area contributed by atoms with Gasteiger partial charge in [-0.3, -0.25) is 0 Å². The van der Waals surface area contributed by atoms with E-state index in [1.54, 1.807) is 4.90 Å².